The van der Waals surface area contributed by atoms with Crippen LogP contribution in [0.25, 0.3) is 0 Å². The first-order valence-electron chi connectivity index (χ1n) is 6.00. The summed E-state index contributed by atoms with van der Waals surface area (Å²) in [6.45, 7) is 7.17. The molecule has 0 aromatic carbocycles. The van der Waals surface area contributed by atoms with E-state index in [1.165, 1.54) is 0 Å². The third-order valence-electron chi connectivity index (χ3n) is 3.24. The van der Waals surface area contributed by atoms with Crippen LogP contribution in [0.5, 0.6) is 0 Å². The molecule has 1 aliphatic rings. The van der Waals surface area contributed by atoms with Crippen LogP contribution in [-0.2, 0) is 6.54 Å². The van der Waals surface area contributed by atoms with Gasteiger partial charge in [0.05, 0.1) is 13.2 Å². The Morgan fingerprint density at radius 1 is 1.47 bits per heavy atom. The van der Waals surface area contributed by atoms with Gasteiger partial charge in [-0.05, 0) is 35.0 Å². The van der Waals surface area contributed by atoms with Gasteiger partial charge in [0.2, 0.25) is 0 Å². The van der Waals surface area contributed by atoms with E-state index in [2.05, 4.69) is 32.7 Å². The molecule has 4 nitrogen and oxygen atoms in total. The van der Waals surface area contributed by atoms with Crippen LogP contribution in [0.4, 0.5) is 0 Å². The van der Waals surface area contributed by atoms with Crippen molar-refractivity contribution < 1.29 is 9.52 Å². The summed E-state index contributed by atoms with van der Waals surface area (Å²) in [5.41, 5.74) is 0. The lowest BCUT2D eigenvalue weighted by atomic mass is 10.2. The van der Waals surface area contributed by atoms with Crippen molar-refractivity contribution in [1.29, 1.82) is 0 Å². The van der Waals surface area contributed by atoms with E-state index in [0.29, 0.717) is 6.04 Å². The predicted molar refractivity (Wildman–Crippen MR) is 69.8 cm³/mol. The van der Waals surface area contributed by atoms with Crippen LogP contribution in [0.1, 0.15) is 12.7 Å². The maximum absolute atomic E-state index is 8.96. The van der Waals surface area contributed by atoms with E-state index in [1.807, 2.05) is 12.1 Å². The fourth-order valence-electron chi connectivity index (χ4n) is 2.33. The number of β-amino-alcohol motifs (C(OH)–C–C–N with tert-alkyl or cyclic N) is 1. The SMILES string of the molecule is CC1CN(Cc2ccc(Br)o2)CCN1CCO. The molecule has 1 aromatic rings. The standard InChI is InChI=1S/C12H19BrN2O2/c1-10-8-14(4-5-15(10)6-7-16)9-11-2-3-12(13)17-11/h2-3,10,16H,4-9H2,1H3. The Morgan fingerprint density at radius 2 is 2.29 bits per heavy atom. The van der Waals surface area contributed by atoms with Gasteiger partial charge in [-0.2, -0.15) is 0 Å². The number of halogens is 1. The van der Waals surface area contributed by atoms with E-state index in [1.54, 1.807) is 0 Å². The van der Waals surface area contributed by atoms with E-state index >= 15 is 0 Å². The highest BCUT2D eigenvalue weighted by Crippen LogP contribution is 2.17. The number of nitrogens with zero attached hydrogens (tertiary/aromatic N) is 2. The molecule has 1 saturated heterocycles. The number of furan rings is 1. The maximum atomic E-state index is 8.96. The van der Waals surface area contributed by atoms with Crippen molar-refractivity contribution >= 4 is 15.9 Å². The molecule has 1 aliphatic heterocycles. The molecule has 1 N–H and O–H groups in total. The van der Waals surface area contributed by atoms with Crippen molar-refractivity contribution in [2.24, 2.45) is 0 Å². The van der Waals surface area contributed by atoms with Crippen LogP contribution in [0.2, 0.25) is 0 Å². The molecule has 17 heavy (non-hydrogen) atoms. The summed E-state index contributed by atoms with van der Waals surface area (Å²) in [5.74, 6) is 1.000. The molecule has 0 amide bonds. The molecular formula is C12H19BrN2O2. The lowest BCUT2D eigenvalue weighted by Crippen LogP contribution is -2.52. The molecule has 0 aliphatic carbocycles. The number of hydrogen-bond acceptors (Lipinski definition) is 4. The zero-order valence-corrected chi connectivity index (χ0v) is 11.7. The maximum Gasteiger partial charge on any atom is 0.169 e. The third kappa shape index (κ3) is 3.55. The van der Waals surface area contributed by atoms with Gasteiger partial charge in [0.25, 0.3) is 0 Å². The highest BCUT2D eigenvalue weighted by Gasteiger charge is 2.23. The first-order valence-corrected chi connectivity index (χ1v) is 6.80. The molecule has 5 heteroatoms. The Morgan fingerprint density at radius 3 is 2.88 bits per heavy atom. The number of piperazine rings is 1. The molecule has 0 bridgehead atoms. The van der Waals surface area contributed by atoms with E-state index < -0.39 is 0 Å². The Kier molecular flexibility index (Phi) is 4.62. The van der Waals surface area contributed by atoms with Crippen LogP contribution in [0.3, 0.4) is 0 Å². The number of aliphatic hydroxyl groups is 1. The topological polar surface area (TPSA) is 39.9 Å². The van der Waals surface area contributed by atoms with Crippen LogP contribution in [-0.4, -0.2) is 53.7 Å². The second-order valence-corrected chi connectivity index (χ2v) is 5.33. The fraction of sp³-hybridized carbons (Fsp3) is 0.667. The van der Waals surface area contributed by atoms with Gasteiger partial charge in [-0.15, -0.1) is 0 Å². The Labute approximate surface area is 110 Å². The molecular weight excluding hydrogens is 284 g/mol. The summed E-state index contributed by atoms with van der Waals surface area (Å²) in [5, 5.41) is 8.96. The predicted octanol–water partition coefficient (Wildman–Crippen LogP) is 1.54. The summed E-state index contributed by atoms with van der Waals surface area (Å²) in [6.07, 6.45) is 0. The fourth-order valence-corrected chi connectivity index (χ4v) is 2.67. The molecule has 1 aromatic heterocycles. The highest BCUT2D eigenvalue weighted by atomic mass is 79.9. The number of hydrogen-bond donors (Lipinski definition) is 1. The van der Waals surface area contributed by atoms with Crippen LogP contribution < -0.4 is 0 Å². The summed E-state index contributed by atoms with van der Waals surface area (Å²) in [4.78, 5) is 4.72. The number of aliphatic hydroxyl groups excluding tert-OH is 1. The van der Waals surface area contributed by atoms with Crippen molar-refractivity contribution in [2.75, 3.05) is 32.8 Å². The van der Waals surface area contributed by atoms with E-state index in [4.69, 9.17) is 9.52 Å². The molecule has 0 radical (unpaired) electrons. The molecule has 0 saturated carbocycles. The molecule has 2 heterocycles. The van der Waals surface area contributed by atoms with E-state index in [-0.39, 0.29) is 6.61 Å². The average Bonchev–Trinajstić information content (AvgIpc) is 2.68. The molecule has 0 spiro atoms. The quantitative estimate of drug-likeness (QED) is 0.916. The lowest BCUT2D eigenvalue weighted by Gasteiger charge is -2.39. The molecule has 1 fully saturated rings. The van der Waals surface area contributed by atoms with E-state index in [0.717, 1.165) is 43.2 Å². The minimum Gasteiger partial charge on any atom is -0.453 e. The van der Waals surface area contributed by atoms with Crippen LogP contribution in [0.15, 0.2) is 21.2 Å². The second kappa shape index (κ2) is 6.00. The van der Waals surface area contributed by atoms with Gasteiger partial charge in [-0.3, -0.25) is 9.80 Å². The normalized spacial score (nSPS) is 23.1. The Bertz CT molecular complexity index is 356. The summed E-state index contributed by atoms with van der Waals surface area (Å²) < 4.78 is 6.31. The lowest BCUT2D eigenvalue weighted by molar-refractivity contribution is 0.0612. The van der Waals surface area contributed by atoms with Crippen molar-refractivity contribution in [3.8, 4) is 0 Å². The van der Waals surface area contributed by atoms with Crippen molar-refractivity contribution in [2.45, 2.75) is 19.5 Å². The van der Waals surface area contributed by atoms with Crippen LogP contribution in [0, 0.1) is 0 Å². The zero-order chi connectivity index (χ0) is 12.3. The monoisotopic (exact) mass is 302 g/mol. The second-order valence-electron chi connectivity index (χ2n) is 4.55. The minimum atomic E-state index is 0.246. The van der Waals surface area contributed by atoms with Gasteiger partial charge >= 0.3 is 0 Å². The molecule has 1 atom stereocenters. The minimum absolute atomic E-state index is 0.246. The van der Waals surface area contributed by atoms with Crippen molar-refractivity contribution in [1.82, 2.24) is 9.80 Å². The van der Waals surface area contributed by atoms with Gasteiger partial charge < -0.3 is 9.52 Å². The van der Waals surface area contributed by atoms with Gasteiger partial charge in [-0.1, -0.05) is 0 Å². The molecule has 2 rings (SSSR count). The first-order chi connectivity index (χ1) is 8.19. The first kappa shape index (κ1) is 13.1. The third-order valence-corrected chi connectivity index (χ3v) is 3.67. The van der Waals surface area contributed by atoms with Gasteiger partial charge in [-0.25, -0.2) is 0 Å². The van der Waals surface area contributed by atoms with Gasteiger partial charge in [0.1, 0.15) is 5.76 Å². The van der Waals surface area contributed by atoms with Crippen molar-refractivity contribution in [3.63, 3.8) is 0 Å². The zero-order valence-electron chi connectivity index (χ0n) is 10.1. The summed E-state index contributed by atoms with van der Waals surface area (Å²) in [7, 11) is 0. The van der Waals surface area contributed by atoms with Gasteiger partial charge in [0, 0.05) is 32.2 Å². The molecule has 1 unspecified atom stereocenters. The Hall–Kier alpha value is -0.360. The summed E-state index contributed by atoms with van der Waals surface area (Å²) in [6, 6.07) is 4.43. The summed E-state index contributed by atoms with van der Waals surface area (Å²) >= 11 is 3.32. The van der Waals surface area contributed by atoms with Gasteiger partial charge in [0.15, 0.2) is 4.67 Å². The van der Waals surface area contributed by atoms with Crippen molar-refractivity contribution in [3.05, 3.63) is 22.6 Å². The Balaban J connectivity index is 1.85. The molecule has 96 valence electrons. The smallest absolute Gasteiger partial charge is 0.169 e. The van der Waals surface area contributed by atoms with E-state index in [9.17, 15) is 0 Å². The number of rotatable bonds is 4. The highest BCUT2D eigenvalue weighted by molar-refractivity contribution is 9.10. The largest absolute Gasteiger partial charge is 0.453 e. The van der Waals surface area contributed by atoms with Crippen LogP contribution >= 0.6 is 15.9 Å². The average molecular weight is 303 g/mol.